The fourth-order valence-corrected chi connectivity index (χ4v) is 1.66. The van der Waals surface area contributed by atoms with Gasteiger partial charge in [-0.1, -0.05) is 18.1 Å². The van der Waals surface area contributed by atoms with Crippen molar-refractivity contribution in [2.75, 3.05) is 18.0 Å². The maximum Gasteiger partial charge on any atom is 0.146 e. The third-order valence-electron chi connectivity index (χ3n) is 2.45. The standard InChI is InChI=1S/C13H16FNO/c1-4-9-15(5-2)13-11(10(3)16)7-6-8-12(13)14/h1,6-8,10,16H,5,9H2,2-3H3. The molecule has 1 aromatic rings. The van der Waals surface area contributed by atoms with Crippen LogP contribution in [0.25, 0.3) is 0 Å². The zero-order chi connectivity index (χ0) is 12.1. The van der Waals surface area contributed by atoms with E-state index in [4.69, 9.17) is 6.42 Å². The van der Waals surface area contributed by atoms with Gasteiger partial charge < -0.3 is 10.0 Å². The molecular weight excluding hydrogens is 205 g/mol. The van der Waals surface area contributed by atoms with E-state index in [0.29, 0.717) is 24.3 Å². The number of anilines is 1. The summed E-state index contributed by atoms with van der Waals surface area (Å²) in [6.07, 6.45) is 4.53. The molecule has 1 N–H and O–H groups in total. The van der Waals surface area contributed by atoms with Crippen LogP contribution in [0.15, 0.2) is 18.2 Å². The Kier molecular flexibility index (Phi) is 4.33. The molecule has 3 heteroatoms. The summed E-state index contributed by atoms with van der Waals surface area (Å²) in [5.74, 6) is 2.14. The molecule has 1 unspecified atom stereocenters. The molecule has 0 fully saturated rings. The Labute approximate surface area is 95.7 Å². The first kappa shape index (κ1) is 12.5. The van der Waals surface area contributed by atoms with Gasteiger partial charge in [-0.15, -0.1) is 6.42 Å². The first-order valence-electron chi connectivity index (χ1n) is 5.26. The van der Waals surface area contributed by atoms with E-state index in [9.17, 15) is 9.50 Å². The van der Waals surface area contributed by atoms with Crippen molar-refractivity contribution in [1.29, 1.82) is 0 Å². The first-order valence-corrected chi connectivity index (χ1v) is 5.26. The Morgan fingerprint density at radius 1 is 1.56 bits per heavy atom. The van der Waals surface area contributed by atoms with Crippen LogP contribution in [-0.4, -0.2) is 18.2 Å². The number of aliphatic hydroxyl groups excluding tert-OH is 1. The minimum Gasteiger partial charge on any atom is -0.389 e. The number of nitrogens with zero attached hydrogens (tertiary/aromatic N) is 1. The van der Waals surface area contributed by atoms with Crippen LogP contribution >= 0.6 is 0 Å². The van der Waals surface area contributed by atoms with Crippen molar-refractivity contribution in [3.63, 3.8) is 0 Å². The molecule has 0 radical (unpaired) electrons. The smallest absolute Gasteiger partial charge is 0.146 e. The summed E-state index contributed by atoms with van der Waals surface area (Å²) in [5, 5.41) is 9.60. The third-order valence-corrected chi connectivity index (χ3v) is 2.45. The second kappa shape index (κ2) is 5.53. The molecule has 86 valence electrons. The number of aliphatic hydroxyl groups is 1. The zero-order valence-electron chi connectivity index (χ0n) is 9.57. The Morgan fingerprint density at radius 3 is 2.75 bits per heavy atom. The van der Waals surface area contributed by atoms with Gasteiger partial charge in [0, 0.05) is 12.1 Å². The third kappa shape index (κ3) is 2.53. The summed E-state index contributed by atoms with van der Waals surface area (Å²) in [6.45, 7) is 4.44. The number of halogens is 1. The van der Waals surface area contributed by atoms with Crippen molar-refractivity contribution in [1.82, 2.24) is 0 Å². The summed E-state index contributed by atoms with van der Waals surface area (Å²) in [7, 11) is 0. The molecule has 0 aliphatic rings. The molecule has 0 aliphatic heterocycles. The van der Waals surface area contributed by atoms with Crippen LogP contribution in [0.2, 0.25) is 0 Å². The van der Waals surface area contributed by atoms with E-state index in [-0.39, 0.29) is 5.82 Å². The van der Waals surface area contributed by atoms with Gasteiger partial charge in [0.1, 0.15) is 5.82 Å². The number of para-hydroxylation sites is 1. The van der Waals surface area contributed by atoms with E-state index in [1.807, 2.05) is 6.92 Å². The Morgan fingerprint density at radius 2 is 2.25 bits per heavy atom. The summed E-state index contributed by atoms with van der Waals surface area (Å²) in [6, 6.07) is 4.67. The van der Waals surface area contributed by atoms with Crippen LogP contribution < -0.4 is 4.90 Å². The van der Waals surface area contributed by atoms with E-state index in [2.05, 4.69) is 5.92 Å². The van der Waals surface area contributed by atoms with Crippen molar-refractivity contribution in [2.24, 2.45) is 0 Å². The topological polar surface area (TPSA) is 23.5 Å². The summed E-state index contributed by atoms with van der Waals surface area (Å²) < 4.78 is 13.7. The average molecular weight is 221 g/mol. The molecule has 0 aliphatic carbocycles. The second-order valence-electron chi connectivity index (χ2n) is 3.57. The number of hydrogen-bond donors (Lipinski definition) is 1. The average Bonchev–Trinajstić information content (AvgIpc) is 2.26. The Hall–Kier alpha value is -1.53. The van der Waals surface area contributed by atoms with Crippen LogP contribution in [0.3, 0.4) is 0 Å². The van der Waals surface area contributed by atoms with Crippen molar-refractivity contribution in [3.05, 3.63) is 29.6 Å². The highest BCUT2D eigenvalue weighted by Gasteiger charge is 2.16. The van der Waals surface area contributed by atoms with Crippen LogP contribution in [-0.2, 0) is 0 Å². The quantitative estimate of drug-likeness (QED) is 0.789. The van der Waals surface area contributed by atoms with Gasteiger partial charge in [0.05, 0.1) is 18.3 Å². The molecule has 1 aromatic carbocycles. The van der Waals surface area contributed by atoms with E-state index in [0.717, 1.165) is 0 Å². The lowest BCUT2D eigenvalue weighted by molar-refractivity contribution is 0.199. The predicted octanol–water partition coefficient (Wildman–Crippen LogP) is 2.34. The van der Waals surface area contributed by atoms with Crippen LogP contribution in [0.5, 0.6) is 0 Å². The molecule has 0 saturated heterocycles. The molecular formula is C13H16FNO. The van der Waals surface area contributed by atoms with Gasteiger partial charge in [-0.3, -0.25) is 0 Å². The van der Waals surface area contributed by atoms with Crippen molar-refractivity contribution < 1.29 is 9.50 Å². The van der Waals surface area contributed by atoms with E-state index in [1.54, 1.807) is 24.0 Å². The lowest BCUT2D eigenvalue weighted by atomic mass is 10.1. The monoisotopic (exact) mass is 221 g/mol. The summed E-state index contributed by atoms with van der Waals surface area (Å²) in [4.78, 5) is 1.73. The number of benzene rings is 1. The maximum absolute atomic E-state index is 13.7. The van der Waals surface area contributed by atoms with Gasteiger partial charge in [0.15, 0.2) is 0 Å². The molecule has 1 atom stereocenters. The number of rotatable bonds is 4. The summed E-state index contributed by atoms with van der Waals surface area (Å²) >= 11 is 0. The predicted molar refractivity (Wildman–Crippen MR) is 63.8 cm³/mol. The van der Waals surface area contributed by atoms with Crippen LogP contribution in [0.1, 0.15) is 25.5 Å². The second-order valence-corrected chi connectivity index (χ2v) is 3.57. The first-order chi connectivity index (χ1) is 7.61. The van der Waals surface area contributed by atoms with Gasteiger partial charge in [0.2, 0.25) is 0 Å². The molecule has 0 saturated carbocycles. The lowest BCUT2D eigenvalue weighted by Gasteiger charge is -2.25. The van der Waals surface area contributed by atoms with Gasteiger partial charge in [-0.2, -0.15) is 0 Å². The summed E-state index contributed by atoms with van der Waals surface area (Å²) in [5.41, 5.74) is 0.968. The molecule has 0 aromatic heterocycles. The maximum atomic E-state index is 13.7. The van der Waals surface area contributed by atoms with Gasteiger partial charge in [0.25, 0.3) is 0 Å². The Balaban J connectivity index is 3.23. The van der Waals surface area contributed by atoms with E-state index in [1.165, 1.54) is 6.07 Å². The van der Waals surface area contributed by atoms with Crippen molar-refractivity contribution in [3.8, 4) is 12.3 Å². The molecule has 1 rings (SSSR count). The van der Waals surface area contributed by atoms with Gasteiger partial charge in [-0.25, -0.2) is 4.39 Å². The molecule has 0 bridgehead atoms. The molecule has 0 heterocycles. The highest BCUT2D eigenvalue weighted by atomic mass is 19.1. The van der Waals surface area contributed by atoms with Gasteiger partial charge in [-0.05, 0) is 19.9 Å². The van der Waals surface area contributed by atoms with Crippen LogP contribution in [0.4, 0.5) is 10.1 Å². The van der Waals surface area contributed by atoms with Crippen LogP contribution in [0, 0.1) is 18.2 Å². The minimum absolute atomic E-state index is 0.331. The largest absolute Gasteiger partial charge is 0.389 e. The van der Waals surface area contributed by atoms with Gasteiger partial charge >= 0.3 is 0 Å². The van der Waals surface area contributed by atoms with Crippen molar-refractivity contribution >= 4 is 5.69 Å². The fraction of sp³-hybridized carbons (Fsp3) is 0.385. The normalized spacial score (nSPS) is 11.9. The number of terminal acetylenes is 1. The molecule has 16 heavy (non-hydrogen) atoms. The zero-order valence-corrected chi connectivity index (χ0v) is 9.57. The lowest BCUT2D eigenvalue weighted by Crippen LogP contribution is -2.25. The Bertz CT molecular complexity index is 395. The van der Waals surface area contributed by atoms with E-state index < -0.39 is 6.10 Å². The SMILES string of the molecule is C#CCN(CC)c1c(F)cccc1C(C)O. The number of hydrogen-bond acceptors (Lipinski definition) is 2. The minimum atomic E-state index is -0.711. The van der Waals surface area contributed by atoms with Crippen molar-refractivity contribution in [2.45, 2.75) is 20.0 Å². The fourth-order valence-electron chi connectivity index (χ4n) is 1.66. The molecule has 0 spiro atoms. The molecule has 2 nitrogen and oxygen atoms in total. The molecule has 0 amide bonds. The van der Waals surface area contributed by atoms with E-state index >= 15 is 0 Å². The highest BCUT2D eigenvalue weighted by Crippen LogP contribution is 2.28. The highest BCUT2D eigenvalue weighted by molar-refractivity contribution is 5.56.